The summed E-state index contributed by atoms with van der Waals surface area (Å²) in [6, 6.07) is 6.55. The van der Waals surface area contributed by atoms with E-state index in [1.54, 1.807) is 24.3 Å². The quantitative estimate of drug-likeness (QED) is 0.526. The average Bonchev–Trinajstić information content (AvgIpc) is 2.87. The Kier molecular flexibility index (Phi) is 4.28. The smallest absolute Gasteiger partial charge is 0.337 e. The van der Waals surface area contributed by atoms with Crippen molar-refractivity contribution in [2.75, 3.05) is 11.4 Å². The predicted molar refractivity (Wildman–Crippen MR) is 81.4 cm³/mol. The van der Waals surface area contributed by atoms with E-state index in [-0.39, 0.29) is 0 Å². The lowest BCUT2D eigenvalue weighted by molar-refractivity contribution is -0.265. The largest absolute Gasteiger partial charge is 0.465 e. The summed E-state index contributed by atoms with van der Waals surface area (Å²) in [6.07, 6.45) is 2.82. The number of carbonyl (C=O) groups excluding carboxylic acids is 1. The van der Waals surface area contributed by atoms with Gasteiger partial charge in [0.2, 0.25) is 0 Å². The van der Waals surface area contributed by atoms with E-state index < -0.39 is 23.2 Å². The van der Waals surface area contributed by atoms with Gasteiger partial charge in [0.25, 0.3) is 0 Å². The first-order valence-corrected chi connectivity index (χ1v) is 8.19. The number of allylic oxidation sites excluding steroid dienone is 1. The Balaban J connectivity index is 1.91. The Morgan fingerprint density at radius 3 is 2.59 bits per heavy atom. The van der Waals surface area contributed by atoms with Crippen LogP contribution in [0.4, 0.5) is 5.69 Å². The molecule has 0 fully saturated rings. The van der Waals surface area contributed by atoms with Crippen molar-refractivity contribution in [2.45, 2.75) is 31.9 Å². The van der Waals surface area contributed by atoms with Gasteiger partial charge in [0.1, 0.15) is 0 Å². The molecular formula is C15H17NO5S. The molecule has 1 aliphatic heterocycles. The highest BCUT2D eigenvalue weighted by molar-refractivity contribution is 7.90. The van der Waals surface area contributed by atoms with Crippen molar-refractivity contribution >= 4 is 22.6 Å². The Hall–Kier alpha value is -1.70. The van der Waals surface area contributed by atoms with E-state index in [9.17, 15) is 14.3 Å². The Morgan fingerprint density at radius 2 is 1.95 bits per heavy atom. The molecule has 3 rings (SSSR count). The molecule has 1 aromatic rings. The van der Waals surface area contributed by atoms with Gasteiger partial charge in [-0.1, -0.05) is 0 Å². The van der Waals surface area contributed by atoms with Crippen LogP contribution >= 0.6 is 0 Å². The fraction of sp³-hybridized carbons (Fsp3) is 0.400. The number of hydrogen-bond donors (Lipinski definition) is 1. The van der Waals surface area contributed by atoms with Gasteiger partial charge in [-0.15, -0.1) is 0 Å². The van der Waals surface area contributed by atoms with Gasteiger partial charge in [-0.2, -0.15) is 0 Å². The fourth-order valence-electron chi connectivity index (χ4n) is 2.91. The molecule has 0 amide bonds. The Morgan fingerprint density at radius 1 is 1.27 bits per heavy atom. The van der Waals surface area contributed by atoms with Gasteiger partial charge in [-0.05, 0) is 55.5 Å². The molecule has 1 heterocycles. The second-order valence-electron chi connectivity index (χ2n) is 5.23. The summed E-state index contributed by atoms with van der Waals surface area (Å²) < 4.78 is 18.9. The second-order valence-corrected chi connectivity index (χ2v) is 6.61. The highest BCUT2D eigenvalue weighted by Gasteiger charge is 2.41. The first-order valence-electron chi connectivity index (χ1n) is 7.09. The molecule has 1 N–H and O–H groups in total. The van der Waals surface area contributed by atoms with Gasteiger partial charge in [0, 0.05) is 4.91 Å². The first kappa shape index (κ1) is 15.2. The van der Waals surface area contributed by atoms with E-state index >= 15 is 0 Å². The highest BCUT2D eigenvalue weighted by Crippen LogP contribution is 2.41. The molecule has 0 saturated heterocycles. The molecule has 0 aromatic heterocycles. The zero-order chi connectivity index (χ0) is 15.7. The van der Waals surface area contributed by atoms with Crippen molar-refractivity contribution in [2.24, 2.45) is 0 Å². The van der Waals surface area contributed by atoms with Crippen LogP contribution in [-0.4, -0.2) is 28.8 Å². The van der Waals surface area contributed by atoms with E-state index in [0.717, 1.165) is 36.2 Å². The number of ether oxygens (including phenoxy) is 1. The number of hydrogen-bond acceptors (Lipinski definition) is 5. The lowest BCUT2D eigenvalue weighted by atomic mass is 9.98. The van der Waals surface area contributed by atoms with Crippen LogP contribution in [0.25, 0.3) is 0 Å². The molecular weight excluding hydrogens is 306 g/mol. The number of benzene rings is 1. The SMILES string of the molecule is COC(=O)c1ccc(N2[C@@H](OO)C3=C(CCCC3)S2=O)cc1. The monoisotopic (exact) mass is 323 g/mol. The first-order chi connectivity index (χ1) is 10.7. The third kappa shape index (κ3) is 2.45. The molecule has 2 atom stereocenters. The van der Waals surface area contributed by atoms with Crippen molar-refractivity contribution in [3.8, 4) is 0 Å². The van der Waals surface area contributed by atoms with Crippen LogP contribution in [0.5, 0.6) is 0 Å². The predicted octanol–water partition coefficient (Wildman–Crippen LogP) is 2.60. The molecule has 2 aliphatic rings. The molecule has 1 aromatic carbocycles. The van der Waals surface area contributed by atoms with Crippen LogP contribution < -0.4 is 4.31 Å². The molecule has 0 spiro atoms. The third-order valence-corrected chi connectivity index (χ3v) is 5.65. The minimum absolute atomic E-state index is 0.412. The van der Waals surface area contributed by atoms with Crippen molar-refractivity contribution < 1.29 is 23.9 Å². The molecule has 1 unspecified atom stereocenters. The van der Waals surface area contributed by atoms with Gasteiger partial charge in [0.15, 0.2) is 17.2 Å². The number of esters is 1. The van der Waals surface area contributed by atoms with Crippen molar-refractivity contribution in [3.05, 3.63) is 40.3 Å². The molecule has 118 valence electrons. The van der Waals surface area contributed by atoms with E-state index in [4.69, 9.17) is 0 Å². The summed E-state index contributed by atoms with van der Waals surface area (Å²) in [6.45, 7) is 0. The average molecular weight is 323 g/mol. The van der Waals surface area contributed by atoms with Gasteiger partial charge >= 0.3 is 5.97 Å². The van der Waals surface area contributed by atoms with Gasteiger partial charge in [-0.25, -0.2) is 19.1 Å². The summed E-state index contributed by atoms with van der Waals surface area (Å²) in [5.41, 5.74) is 1.94. The topological polar surface area (TPSA) is 76.1 Å². The van der Waals surface area contributed by atoms with Crippen LogP contribution in [0.1, 0.15) is 36.0 Å². The van der Waals surface area contributed by atoms with Gasteiger partial charge < -0.3 is 4.74 Å². The second kappa shape index (κ2) is 6.20. The minimum atomic E-state index is -1.37. The van der Waals surface area contributed by atoms with Crippen LogP contribution in [0.15, 0.2) is 34.7 Å². The standard InChI is InChI=1S/C15H17NO5S/c1-20-15(17)10-6-8-11(9-7-10)16-14(21-18)12-4-2-3-5-13(12)22(16)19/h6-9,14,18H,2-5H2,1H3/t14-,22?/m0/s1. The van der Waals surface area contributed by atoms with Gasteiger partial charge in [0.05, 0.1) is 18.4 Å². The molecule has 0 radical (unpaired) electrons. The van der Waals surface area contributed by atoms with Crippen LogP contribution in [-0.2, 0) is 20.6 Å². The van der Waals surface area contributed by atoms with Crippen molar-refractivity contribution in [1.29, 1.82) is 0 Å². The van der Waals surface area contributed by atoms with Crippen LogP contribution in [0, 0.1) is 0 Å². The molecule has 0 bridgehead atoms. The zero-order valence-corrected chi connectivity index (χ0v) is 13.0. The van der Waals surface area contributed by atoms with Crippen molar-refractivity contribution in [1.82, 2.24) is 0 Å². The van der Waals surface area contributed by atoms with Gasteiger partial charge in [-0.3, -0.25) is 4.31 Å². The maximum Gasteiger partial charge on any atom is 0.337 e. The third-order valence-electron chi connectivity index (χ3n) is 4.00. The minimum Gasteiger partial charge on any atom is -0.465 e. The molecule has 6 nitrogen and oxygen atoms in total. The molecule has 1 aliphatic carbocycles. The molecule has 22 heavy (non-hydrogen) atoms. The van der Waals surface area contributed by atoms with E-state index in [1.807, 2.05) is 0 Å². The summed E-state index contributed by atoms with van der Waals surface area (Å²) in [5.74, 6) is -0.429. The van der Waals surface area contributed by atoms with Crippen LogP contribution in [0.3, 0.4) is 0 Å². The van der Waals surface area contributed by atoms with Crippen LogP contribution in [0.2, 0.25) is 0 Å². The number of methoxy groups -OCH3 is 1. The summed E-state index contributed by atoms with van der Waals surface area (Å²) >= 11 is 0. The number of carbonyl (C=O) groups is 1. The lowest BCUT2D eigenvalue weighted by Gasteiger charge is -2.24. The zero-order valence-electron chi connectivity index (χ0n) is 12.2. The maximum absolute atomic E-state index is 12.7. The number of rotatable bonds is 3. The van der Waals surface area contributed by atoms with Crippen molar-refractivity contribution in [3.63, 3.8) is 0 Å². The fourth-order valence-corrected chi connectivity index (χ4v) is 4.55. The Labute approximate surface area is 130 Å². The van der Waals surface area contributed by atoms with E-state index in [1.165, 1.54) is 11.4 Å². The number of nitrogens with zero attached hydrogens (tertiary/aromatic N) is 1. The highest BCUT2D eigenvalue weighted by atomic mass is 32.2. The maximum atomic E-state index is 12.7. The normalized spacial score (nSPS) is 24.4. The van der Waals surface area contributed by atoms with E-state index in [2.05, 4.69) is 9.62 Å². The Bertz CT molecular complexity index is 640. The summed E-state index contributed by atoms with van der Waals surface area (Å²) in [5, 5.41) is 9.25. The lowest BCUT2D eigenvalue weighted by Crippen LogP contribution is -2.34. The summed E-state index contributed by atoms with van der Waals surface area (Å²) in [4.78, 5) is 16.9. The number of anilines is 1. The molecule has 0 saturated carbocycles. The van der Waals surface area contributed by atoms with E-state index in [0.29, 0.717) is 11.3 Å². The summed E-state index contributed by atoms with van der Waals surface area (Å²) in [7, 11) is -0.0466. The molecule has 7 heteroatoms.